The van der Waals surface area contributed by atoms with Crippen molar-refractivity contribution in [2.24, 2.45) is 5.92 Å². The van der Waals surface area contributed by atoms with E-state index < -0.39 is 47.7 Å². The first-order chi connectivity index (χ1) is 21.7. The SMILES string of the molecule is COC[C@H](NC(=O)OCc1ccccc1)C(=O)N[C@@H](Cc1ccccc1)C(=O)N[C@@H](CC(C)C)C(=O)C(=O)Nc1ccccc1. The summed E-state index contributed by atoms with van der Waals surface area (Å²) in [6, 6.07) is 23.1. The van der Waals surface area contributed by atoms with E-state index in [0.717, 1.165) is 11.1 Å². The number of anilines is 1. The second-order valence-electron chi connectivity index (χ2n) is 10.8. The molecule has 3 aromatic rings. The number of alkyl carbamates (subject to hydrolysis) is 1. The van der Waals surface area contributed by atoms with Gasteiger partial charge >= 0.3 is 6.09 Å². The summed E-state index contributed by atoms with van der Waals surface area (Å²) in [5.74, 6) is -3.08. The lowest BCUT2D eigenvalue weighted by atomic mass is 9.98. The number of methoxy groups -OCH3 is 1. The van der Waals surface area contributed by atoms with Crippen molar-refractivity contribution in [3.05, 3.63) is 102 Å². The van der Waals surface area contributed by atoms with Crippen molar-refractivity contribution in [2.45, 2.75) is 51.4 Å². The number of ether oxygens (including phenoxy) is 2. The number of benzene rings is 3. The molecule has 0 saturated carbocycles. The van der Waals surface area contributed by atoms with Crippen molar-refractivity contribution in [3.63, 3.8) is 0 Å². The molecule has 0 spiro atoms. The number of ketones is 1. The second kappa shape index (κ2) is 17.9. The summed E-state index contributed by atoms with van der Waals surface area (Å²) >= 11 is 0. The summed E-state index contributed by atoms with van der Waals surface area (Å²) in [6.07, 6.45) is -0.568. The molecule has 11 nitrogen and oxygen atoms in total. The number of amides is 4. The zero-order chi connectivity index (χ0) is 32.6. The molecule has 0 aliphatic rings. The van der Waals surface area contributed by atoms with Gasteiger partial charge in [0.2, 0.25) is 17.6 Å². The third-order valence-corrected chi connectivity index (χ3v) is 6.67. The Morgan fingerprint density at radius 3 is 1.78 bits per heavy atom. The molecule has 3 rings (SSSR count). The Bertz CT molecular complexity index is 1400. The van der Waals surface area contributed by atoms with Crippen molar-refractivity contribution >= 4 is 35.3 Å². The minimum absolute atomic E-state index is 0.00382. The Kier molecular flexibility index (Phi) is 13.7. The van der Waals surface area contributed by atoms with E-state index in [0.29, 0.717) is 5.69 Å². The topological polar surface area (TPSA) is 152 Å². The lowest BCUT2D eigenvalue weighted by Gasteiger charge is -2.25. The van der Waals surface area contributed by atoms with Crippen molar-refractivity contribution in [2.75, 3.05) is 19.0 Å². The lowest BCUT2D eigenvalue weighted by molar-refractivity contribution is -0.138. The fourth-order valence-electron chi connectivity index (χ4n) is 4.44. The summed E-state index contributed by atoms with van der Waals surface area (Å²) in [5.41, 5.74) is 1.95. The lowest BCUT2D eigenvalue weighted by Crippen LogP contribution is -2.58. The van der Waals surface area contributed by atoms with Crippen LogP contribution in [0.5, 0.6) is 0 Å². The molecular weight excluding hydrogens is 576 g/mol. The fourth-order valence-corrected chi connectivity index (χ4v) is 4.44. The van der Waals surface area contributed by atoms with Gasteiger partial charge in [-0.3, -0.25) is 19.2 Å². The Balaban J connectivity index is 1.74. The van der Waals surface area contributed by atoms with Crippen LogP contribution in [-0.2, 0) is 41.7 Å². The standard InChI is InChI=1S/C34H40N4O7/c1-23(2)19-27(30(39)33(42)35-26-17-11-6-12-18-26)36-31(40)28(20-24-13-7-4-8-14-24)37-32(41)29(22-44-3)38-34(43)45-21-25-15-9-5-10-16-25/h4-18,23,27-29H,19-22H2,1-3H3,(H,35,42)(H,36,40)(H,37,41)(H,38,43)/t27-,28-,29-/m0/s1. The van der Waals surface area contributed by atoms with Crippen molar-refractivity contribution in [3.8, 4) is 0 Å². The summed E-state index contributed by atoms with van der Waals surface area (Å²) in [7, 11) is 1.37. The van der Waals surface area contributed by atoms with Crippen LogP contribution in [-0.4, -0.2) is 61.4 Å². The zero-order valence-corrected chi connectivity index (χ0v) is 25.7. The van der Waals surface area contributed by atoms with Crippen molar-refractivity contribution in [1.82, 2.24) is 16.0 Å². The molecule has 238 valence electrons. The molecule has 0 aromatic heterocycles. The molecule has 0 bridgehead atoms. The number of para-hydroxylation sites is 1. The number of carbonyl (C=O) groups excluding carboxylic acids is 5. The number of nitrogens with one attached hydrogen (secondary N) is 4. The normalized spacial score (nSPS) is 12.7. The maximum absolute atomic E-state index is 13.7. The molecule has 0 heterocycles. The van der Waals surface area contributed by atoms with Crippen LogP contribution in [0.3, 0.4) is 0 Å². The van der Waals surface area contributed by atoms with Crippen LogP contribution in [0.1, 0.15) is 31.4 Å². The smallest absolute Gasteiger partial charge is 0.408 e. The molecule has 0 aliphatic heterocycles. The van der Waals surface area contributed by atoms with Gasteiger partial charge in [0.1, 0.15) is 18.7 Å². The van der Waals surface area contributed by atoms with Gasteiger partial charge < -0.3 is 30.7 Å². The van der Waals surface area contributed by atoms with Crippen molar-refractivity contribution < 1.29 is 33.4 Å². The number of hydrogen-bond donors (Lipinski definition) is 4. The van der Waals surface area contributed by atoms with E-state index in [1.54, 1.807) is 66.7 Å². The highest BCUT2D eigenvalue weighted by Crippen LogP contribution is 2.11. The molecule has 45 heavy (non-hydrogen) atoms. The van der Waals surface area contributed by atoms with Gasteiger partial charge in [0.05, 0.1) is 12.6 Å². The summed E-state index contributed by atoms with van der Waals surface area (Å²) in [5, 5.41) is 10.4. The molecule has 0 fully saturated rings. The van der Waals surface area contributed by atoms with Gasteiger partial charge in [0.15, 0.2) is 0 Å². The minimum Gasteiger partial charge on any atom is -0.445 e. The Morgan fingerprint density at radius 1 is 0.667 bits per heavy atom. The number of Topliss-reactive ketones (excluding diaryl/α,β-unsaturated/α-hetero) is 1. The molecule has 0 saturated heterocycles. The third-order valence-electron chi connectivity index (χ3n) is 6.67. The first kappa shape index (κ1) is 34.5. The van der Waals surface area contributed by atoms with E-state index in [2.05, 4.69) is 21.3 Å². The molecule has 0 radical (unpaired) electrons. The number of hydrogen-bond acceptors (Lipinski definition) is 7. The molecule has 0 aliphatic carbocycles. The summed E-state index contributed by atoms with van der Waals surface area (Å²) in [6.45, 7) is 3.53. The van der Waals surface area contributed by atoms with Crippen LogP contribution in [0, 0.1) is 5.92 Å². The van der Waals surface area contributed by atoms with Crippen LogP contribution in [0.25, 0.3) is 0 Å². The molecular formula is C34H40N4O7. The van der Waals surface area contributed by atoms with Gasteiger partial charge in [-0.1, -0.05) is 92.7 Å². The van der Waals surface area contributed by atoms with Crippen LogP contribution >= 0.6 is 0 Å². The summed E-state index contributed by atoms with van der Waals surface area (Å²) in [4.78, 5) is 65.6. The Morgan fingerprint density at radius 2 is 1.20 bits per heavy atom. The summed E-state index contributed by atoms with van der Waals surface area (Å²) < 4.78 is 10.4. The first-order valence-electron chi connectivity index (χ1n) is 14.7. The van der Waals surface area contributed by atoms with E-state index in [1.807, 2.05) is 38.1 Å². The van der Waals surface area contributed by atoms with Gasteiger partial charge in [-0.2, -0.15) is 0 Å². The van der Waals surface area contributed by atoms with Crippen LogP contribution in [0.15, 0.2) is 91.0 Å². The molecule has 0 unspecified atom stereocenters. The van der Waals surface area contributed by atoms with Gasteiger partial charge in [0, 0.05) is 19.2 Å². The minimum atomic E-state index is -1.19. The second-order valence-corrected chi connectivity index (χ2v) is 10.8. The largest absolute Gasteiger partial charge is 0.445 e. The highest BCUT2D eigenvalue weighted by molar-refractivity contribution is 6.42. The Labute approximate surface area is 263 Å². The van der Waals surface area contributed by atoms with E-state index >= 15 is 0 Å². The van der Waals surface area contributed by atoms with E-state index in [4.69, 9.17) is 9.47 Å². The molecule has 11 heteroatoms. The molecule has 4 amide bonds. The maximum atomic E-state index is 13.7. The highest BCUT2D eigenvalue weighted by Gasteiger charge is 2.32. The highest BCUT2D eigenvalue weighted by atomic mass is 16.5. The molecule has 4 N–H and O–H groups in total. The van der Waals surface area contributed by atoms with Gasteiger partial charge in [-0.15, -0.1) is 0 Å². The monoisotopic (exact) mass is 616 g/mol. The average Bonchev–Trinajstić information content (AvgIpc) is 3.03. The Hall–Kier alpha value is -5.03. The quantitative estimate of drug-likeness (QED) is 0.180. The first-order valence-corrected chi connectivity index (χ1v) is 14.7. The molecule has 3 atom stereocenters. The van der Waals surface area contributed by atoms with Crippen LogP contribution < -0.4 is 21.3 Å². The van der Waals surface area contributed by atoms with Crippen molar-refractivity contribution in [1.29, 1.82) is 0 Å². The number of carbonyl (C=O) groups is 5. The molecule has 3 aromatic carbocycles. The van der Waals surface area contributed by atoms with Crippen LogP contribution in [0.2, 0.25) is 0 Å². The predicted octanol–water partition coefficient (Wildman–Crippen LogP) is 3.39. The van der Waals surface area contributed by atoms with E-state index in [1.165, 1.54) is 7.11 Å². The zero-order valence-electron chi connectivity index (χ0n) is 25.7. The third kappa shape index (κ3) is 11.9. The van der Waals surface area contributed by atoms with Gasteiger partial charge in [0.25, 0.3) is 5.91 Å². The van der Waals surface area contributed by atoms with Gasteiger partial charge in [-0.05, 0) is 35.6 Å². The van der Waals surface area contributed by atoms with E-state index in [-0.39, 0.29) is 32.0 Å². The van der Waals surface area contributed by atoms with Crippen LogP contribution in [0.4, 0.5) is 10.5 Å². The maximum Gasteiger partial charge on any atom is 0.408 e. The average molecular weight is 617 g/mol. The fraction of sp³-hybridized carbons (Fsp3) is 0.324. The van der Waals surface area contributed by atoms with Gasteiger partial charge in [-0.25, -0.2) is 4.79 Å². The van der Waals surface area contributed by atoms with E-state index in [9.17, 15) is 24.0 Å². The predicted molar refractivity (Wildman–Crippen MR) is 169 cm³/mol. The number of rotatable bonds is 16.